The average molecular weight is 406 g/mol. The quantitative estimate of drug-likeness (QED) is 0.689. The summed E-state index contributed by atoms with van der Waals surface area (Å²) in [5.74, 6) is -0.365. The lowest BCUT2D eigenvalue weighted by Crippen LogP contribution is -2.38. The van der Waals surface area contributed by atoms with E-state index < -0.39 is 5.97 Å². The maximum absolute atomic E-state index is 10.6. The molecule has 0 saturated carbocycles. The van der Waals surface area contributed by atoms with Crippen molar-refractivity contribution in [3.63, 3.8) is 0 Å². The average Bonchev–Trinajstić information content (AvgIpc) is 2.63. The minimum atomic E-state index is -1.00. The van der Waals surface area contributed by atoms with Crippen LogP contribution in [0.25, 0.3) is 6.08 Å². The van der Waals surface area contributed by atoms with E-state index in [1.165, 1.54) is 11.6 Å². The standard InChI is InChI=1S/C20H21Cl2N3O2/c21-16-3-1-2-15(10-16)13-25-8-6-17(7-9-25)24-20-18(22)11-14(12-23-20)4-5-19(26)27/h1-5,10-12,17H,6-9,13H2,(H,23,24)(H,26,27)/b5-4+. The van der Waals surface area contributed by atoms with Crippen molar-refractivity contribution in [2.24, 2.45) is 0 Å². The first-order valence-corrected chi connectivity index (χ1v) is 9.55. The topological polar surface area (TPSA) is 65.5 Å². The summed E-state index contributed by atoms with van der Waals surface area (Å²) in [6, 6.07) is 10.0. The molecule has 0 spiro atoms. The van der Waals surface area contributed by atoms with Crippen molar-refractivity contribution in [3.8, 4) is 0 Å². The van der Waals surface area contributed by atoms with Crippen molar-refractivity contribution in [3.05, 3.63) is 63.8 Å². The van der Waals surface area contributed by atoms with E-state index in [1.807, 2.05) is 18.2 Å². The number of halogens is 2. The summed E-state index contributed by atoms with van der Waals surface area (Å²) in [5.41, 5.74) is 1.88. The molecule has 0 atom stereocenters. The number of hydrogen-bond donors (Lipinski definition) is 2. The van der Waals surface area contributed by atoms with Crippen LogP contribution in [0.3, 0.4) is 0 Å². The first kappa shape index (κ1) is 19.7. The normalized spacial score (nSPS) is 15.9. The summed E-state index contributed by atoms with van der Waals surface area (Å²) < 4.78 is 0. The van der Waals surface area contributed by atoms with Gasteiger partial charge in [0.15, 0.2) is 0 Å². The highest BCUT2D eigenvalue weighted by Crippen LogP contribution is 2.24. The number of nitrogens with one attached hydrogen (secondary N) is 1. The monoisotopic (exact) mass is 405 g/mol. The van der Waals surface area contributed by atoms with Gasteiger partial charge >= 0.3 is 5.97 Å². The minimum Gasteiger partial charge on any atom is -0.478 e. The Morgan fingerprint density at radius 2 is 2.07 bits per heavy atom. The molecular formula is C20H21Cl2N3O2. The van der Waals surface area contributed by atoms with E-state index in [1.54, 1.807) is 12.3 Å². The van der Waals surface area contributed by atoms with Crippen molar-refractivity contribution in [1.82, 2.24) is 9.88 Å². The molecule has 0 bridgehead atoms. The second-order valence-corrected chi connectivity index (χ2v) is 7.44. The highest BCUT2D eigenvalue weighted by atomic mass is 35.5. The number of rotatable bonds is 6. The van der Waals surface area contributed by atoms with Gasteiger partial charge in [-0.25, -0.2) is 9.78 Å². The zero-order chi connectivity index (χ0) is 19.2. The number of carboxylic acids is 1. The molecule has 1 aliphatic rings. The van der Waals surface area contributed by atoms with E-state index in [4.69, 9.17) is 28.3 Å². The Balaban J connectivity index is 1.52. The molecular weight excluding hydrogens is 385 g/mol. The third-order valence-corrected chi connectivity index (χ3v) is 5.03. The second kappa shape index (κ2) is 9.22. The summed E-state index contributed by atoms with van der Waals surface area (Å²) in [6.45, 7) is 2.87. The van der Waals surface area contributed by atoms with Crippen molar-refractivity contribution in [2.45, 2.75) is 25.4 Å². The van der Waals surface area contributed by atoms with E-state index >= 15 is 0 Å². The molecule has 2 aromatic rings. The molecule has 2 N–H and O–H groups in total. The molecule has 7 heteroatoms. The van der Waals surface area contributed by atoms with Gasteiger partial charge in [-0.1, -0.05) is 35.3 Å². The predicted molar refractivity (Wildman–Crippen MR) is 109 cm³/mol. The maximum atomic E-state index is 10.6. The Kier molecular flexibility index (Phi) is 6.72. The summed E-state index contributed by atoms with van der Waals surface area (Å²) >= 11 is 12.3. The smallest absolute Gasteiger partial charge is 0.328 e. The molecule has 3 rings (SSSR count). The lowest BCUT2D eigenvalue weighted by atomic mass is 10.0. The Hall–Kier alpha value is -2.08. The lowest BCUT2D eigenvalue weighted by molar-refractivity contribution is -0.131. The van der Waals surface area contributed by atoms with Gasteiger partial charge in [0, 0.05) is 43.0 Å². The summed E-state index contributed by atoms with van der Waals surface area (Å²) in [7, 11) is 0. The first-order chi connectivity index (χ1) is 13.0. The fourth-order valence-corrected chi connectivity index (χ4v) is 3.58. The van der Waals surface area contributed by atoms with Gasteiger partial charge in [0.25, 0.3) is 0 Å². The van der Waals surface area contributed by atoms with Crippen LogP contribution in [0.15, 0.2) is 42.6 Å². The van der Waals surface area contributed by atoms with E-state index in [-0.39, 0.29) is 0 Å². The second-order valence-electron chi connectivity index (χ2n) is 6.60. The van der Waals surface area contributed by atoms with Gasteiger partial charge in [-0.3, -0.25) is 4.90 Å². The fraction of sp³-hybridized carbons (Fsp3) is 0.300. The number of aromatic nitrogens is 1. The Morgan fingerprint density at radius 1 is 1.30 bits per heavy atom. The van der Waals surface area contributed by atoms with Gasteiger partial charge in [-0.05, 0) is 48.2 Å². The number of likely N-dealkylation sites (tertiary alicyclic amines) is 1. The van der Waals surface area contributed by atoms with Crippen LogP contribution in [0.1, 0.15) is 24.0 Å². The van der Waals surface area contributed by atoms with Crippen LogP contribution >= 0.6 is 23.2 Å². The zero-order valence-electron chi connectivity index (χ0n) is 14.7. The van der Waals surface area contributed by atoms with Crippen LogP contribution in [0, 0.1) is 0 Å². The number of pyridine rings is 1. The SMILES string of the molecule is O=C(O)/C=C/c1cnc(NC2CCN(Cc3cccc(Cl)c3)CC2)c(Cl)c1. The molecule has 1 aliphatic heterocycles. The van der Waals surface area contributed by atoms with Crippen LogP contribution in [0.4, 0.5) is 5.82 Å². The van der Waals surface area contributed by atoms with Gasteiger partial charge in [-0.15, -0.1) is 0 Å². The first-order valence-electron chi connectivity index (χ1n) is 8.79. The Bertz CT molecular complexity index is 834. The molecule has 1 aromatic heterocycles. The van der Waals surface area contributed by atoms with E-state index in [9.17, 15) is 4.79 Å². The fourth-order valence-electron chi connectivity index (χ4n) is 3.14. The Morgan fingerprint density at radius 3 is 2.74 bits per heavy atom. The number of nitrogens with zero attached hydrogens (tertiary/aromatic N) is 2. The molecule has 142 valence electrons. The Labute approximate surface area is 168 Å². The van der Waals surface area contributed by atoms with Crippen LogP contribution in [0.2, 0.25) is 10.0 Å². The molecule has 1 saturated heterocycles. The lowest BCUT2D eigenvalue weighted by Gasteiger charge is -2.32. The van der Waals surface area contributed by atoms with Crippen LogP contribution < -0.4 is 5.32 Å². The van der Waals surface area contributed by atoms with E-state index in [2.05, 4.69) is 21.3 Å². The maximum Gasteiger partial charge on any atom is 0.328 e. The summed E-state index contributed by atoms with van der Waals surface area (Å²) in [4.78, 5) is 17.3. The highest BCUT2D eigenvalue weighted by Gasteiger charge is 2.20. The van der Waals surface area contributed by atoms with Crippen molar-refractivity contribution in [2.75, 3.05) is 18.4 Å². The molecule has 0 aliphatic carbocycles. The number of carboxylic acid groups (broad SMARTS) is 1. The third kappa shape index (κ3) is 5.96. The largest absolute Gasteiger partial charge is 0.478 e. The third-order valence-electron chi connectivity index (χ3n) is 4.50. The number of anilines is 1. The molecule has 0 amide bonds. The molecule has 1 aromatic carbocycles. The van der Waals surface area contributed by atoms with Crippen molar-refractivity contribution < 1.29 is 9.90 Å². The number of hydrogen-bond acceptors (Lipinski definition) is 4. The number of carbonyl (C=O) groups is 1. The molecule has 27 heavy (non-hydrogen) atoms. The molecule has 2 heterocycles. The predicted octanol–water partition coefficient (Wildman–Crippen LogP) is 4.56. The molecule has 1 fully saturated rings. The van der Waals surface area contributed by atoms with Gasteiger partial charge in [0.2, 0.25) is 0 Å². The zero-order valence-corrected chi connectivity index (χ0v) is 16.2. The van der Waals surface area contributed by atoms with Gasteiger partial charge in [-0.2, -0.15) is 0 Å². The van der Waals surface area contributed by atoms with Crippen LogP contribution in [0.5, 0.6) is 0 Å². The van der Waals surface area contributed by atoms with Crippen LogP contribution in [-0.2, 0) is 11.3 Å². The van der Waals surface area contributed by atoms with Crippen molar-refractivity contribution >= 4 is 41.1 Å². The van der Waals surface area contributed by atoms with E-state index in [0.717, 1.165) is 43.6 Å². The molecule has 0 radical (unpaired) electrons. The van der Waals surface area contributed by atoms with Gasteiger partial charge in [0.1, 0.15) is 5.82 Å². The molecule has 0 unspecified atom stereocenters. The number of aliphatic carboxylic acids is 1. The van der Waals surface area contributed by atoms with Gasteiger partial charge in [0.05, 0.1) is 5.02 Å². The summed E-state index contributed by atoms with van der Waals surface area (Å²) in [6.07, 6.45) is 6.15. The molecule has 5 nitrogen and oxygen atoms in total. The van der Waals surface area contributed by atoms with Crippen LogP contribution in [-0.4, -0.2) is 40.1 Å². The highest BCUT2D eigenvalue weighted by molar-refractivity contribution is 6.33. The van der Waals surface area contributed by atoms with E-state index in [0.29, 0.717) is 22.4 Å². The number of benzene rings is 1. The summed E-state index contributed by atoms with van der Waals surface area (Å²) in [5, 5.41) is 13.3. The number of piperidine rings is 1. The van der Waals surface area contributed by atoms with Gasteiger partial charge < -0.3 is 10.4 Å². The van der Waals surface area contributed by atoms with Crippen molar-refractivity contribution in [1.29, 1.82) is 0 Å². The minimum absolute atomic E-state index is 0.311.